The molecule has 4 rings (SSSR count). The zero-order valence-corrected chi connectivity index (χ0v) is 18.6. The third-order valence-electron chi connectivity index (χ3n) is 5.44. The van der Waals surface area contributed by atoms with Crippen LogP contribution in [0.15, 0.2) is 83.3 Å². The quantitative estimate of drug-likeness (QED) is 0.362. The lowest BCUT2D eigenvalue weighted by Gasteiger charge is -2.10. The van der Waals surface area contributed by atoms with Crippen molar-refractivity contribution in [2.75, 3.05) is 5.32 Å². The fourth-order valence-electron chi connectivity index (χ4n) is 3.83. The van der Waals surface area contributed by atoms with Crippen molar-refractivity contribution in [2.24, 2.45) is 0 Å². The molecule has 0 fully saturated rings. The molecule has 0 bridgehead atoms. The minimum atomic E-state index is -0.272. The molecule has 162 valence electrons. The van der Waals surface area contributed by atoms with Gasteiger partial charge in [0.05, 0.1) is 0 Å². The van der Waals surface area contributed by atoms with E-state index in [0.29, 0.717) is 24.5 Å². The van der Waals surface area contributed by atoms with Gasteiger partial charge >= 0.3 is 0 Å². The number of nitrogens with one attached hydrogen (secondary N) is 1. The molecule has 4 aromatic rings. The summed E-state index contributed by atoms with van der Waals surface area (Å²) in [6.07, 6.45) is 0.665. The lowest BCUT2D eigenvalue weighted by molar-refractivity contribution is 0.0995. The van der Waals surface area contributed by atoms with Crippen LogP contribution in [0, 0.1) is 20.8 Å². The van der Waals surface area contributed by atoms with E-state index in [1.54, 1.807) is 6.07 Å². The molecule has 1 N–H and O–H groups in total. The molecule has 1 heterocycles. The maximum atomic E-state index is 12.6. The van der Waals surface area contributed by atoms with E-state index in [1.165, 1.54) is 22.3 Å². The highest BCUT2D eigenvalue weighted by Crippen LogP contribution is 2.22. The summed E-state index contributed by atoms with van der Waals surface area (Å²) in [4.78, 5) is 12.6. The van der Waals surface area contributed by atoms with E-state index >= 15 is 0 Å². The first kappa shape index (κ1) is 21.4. The van der Waals surface area contributed by atoms with Gasteiger partial charge in [-0.3, -0.25) is 4.79 Å². The zero-order chi connectivity index (χ0) is 22.5. The summed E-state index contributed by atoms with van der Waals surface area (Å²) >= 11 is 0. The van der Waals surface area contributed by atoms with Gasteiger partial charge in [0.25, 0.3) is 5.91 Å². The normalized spacial score (nSPS) is 10.7. The van der Waals surface area contributed by atoms with Crippen molar-refractivity contribution in [2.45, 2.75) is 33.8 Å². The Morgan fingerprint density at radius 1 is 0.875 bits per heavy atom. The molecular formula is C28H27NO3. The number of rotatable bonds is 7. The first-order valence-corrected chi connectivity index (χ1v) is 10.7. The van der Waals surface area contributed by atoms with Crippen LogP contribution in [-0.2, 0) is 13.0 Å². The number of carbonyl (C=O) groups excluding carboxylic acids is 1. The fourth-order valence-corrected chi connectivity index (χ4v) is 3.83. The number of hydrogen-bond acceptors (Lipinski definition) is 3. The average Bonchev–Trinajstić information content (AvgIpc) is 3.25. The first-order chi connectivity index (χ1) is 15.5. The van der Waals surface area contributed by atoms with E-state index in [4.69, 9.17) is 9.15 Å². The highest BCUT2D eigenvalue weighted by Gasteiger charge is 2.14. The monoisotopic (exact) mass is 425 g/mol. The Balaban J connectivity index is 1.36. The molecule has 0 aliphatic heterocycles. The molecule has 4 heteroatoms. The first-order valence-electron chi connectivity index (χ1n) is 10.7. The summed E-state index contributed by atoms with van der Waals surface area (Å²) in [7, 11) is 0. The Labute approximate surface area is 188 Å². The van der Waals surface area contributed by atoms with E-state index < -0.39 is 0 Å². The summed E-state index contributed by atoms with van der Waals surface area (Å²) in [6, 6.07) is 25.3. The SMILES string of the molecule is Cc1cc(C)c(Cc2ccc(C(=O)Nc3ccc(OCc4ccccc4)cc3)o2)c(C)c1. The third kappa shape index (κ3) is 5.27. The predicted octanol–water partition coefficient (Wildman–Crippen LogP) is 6.63. The second kappa shape index (κ2) is 9.56. The van der Waals surface area contributed by atoms with Gasteiger partial charge in [0, 0.05) is 12.1 Å². The van der Waals surface area contributed by atoms with Crippen molar-refractivity contribution in [1.29, 1.82) is 0 Å². The summed E-state index contributed by atoms with van der Waals surface area (Å²) in [5.41, 5.74) is 6.75. The Morgan fingerprint density at radius 2 is 1.56 bits per heavy atom. The molecule has 0 radical (unpaired) electrons. The average molecular weight is 426 g/mol. The van der Waals surface area contributed by atoms with Crippen LogP contribution in [0.5, 0.6) is 5.75 Å². The van der Waals surface area contributed by atoms with E-state index in [9.17, 15) is 4.79 Å². The van der Waals surface area contributed by atoms with Gasteiger partial charge in [-0.25, -0.2) is 0 Å². The van der Waals surface area contributed by atoms with E-state index in [1.807, 2.05) is 60.7 Å². The van der Waals surface area contributed by atoms with Gasteiger partial charge in [0.2, 0.25) is 0 Å². The van der Waals surface area contributed by atoms with Crippen LogP contribution in [0.4, 0.5) is 5.69 Å². The number of amides is 1. The Kier molecular flexibility index (Phi) is 6.41. The van der Waals surface area contributed by atoms with Crippen LogP contribution < -0.4 is 10.1 Å². The lowest BCUT2D eigenvalue weighted by Crippen LogP contribution is -2.10. The van der Waals surface area contributed by atoms with Gasteiger partial charge in [-0.2, -0.15) is 0 Å². The molecule has 0 aliphatic rings. The maximum Gasteiger partial charge on any atom is 0.291 e. The van der Waals surface area contributed by atoms with Crippen molar-refractivity contribution in [3.05, 3.63) is 118 Å². The van der Waals surface area contributed by atoms with Gasteiger partial charge in [-0.15, -0.1) is 0 Å². The number of aryl methyl sites for hydroxylation is 3. The lowest BCUT2D eigenvalue weighted by atomic mass is 9.97. The molecular weight excluding hydrogens is 398 g/mol. The van der Waals surface area contributed by atoms with Crippen LogP contribution in [-0.4, -0.2) is 5.91 Å². The standard InChI is InChI=1S/C28H27NO3/c1-19-15-20(2)26(21(3)16-19)17-25-13-14-27(32-25)28(30)29-23-9-11-24(12-10-23)31-18-22-7-5-4-6-8-22/h4-16H,17-18H2,1-3H3,(H,29,30). The molecule has 0 aliphatic carbocycles. The van der Waals surface area contributed by atoms with Crippen molar-refractivity contribution in [1.82, 2.24) is 0 Å². The molecule has 0 unspecified atom stereocenters. The van der Waals surface area contributed by atoms with Gasteiger partial charge < -0.3 is 14.5 Å². The second-order valence-corrected chi connectivity index (χ2v) is 8.07. The van der Waals surface area contributed by atoms with Crippen molar-refractivity contribution < 1.29 is 13.9 Å². The minimum Gasteiger partial charge on any atom is -0.489 e. The third-order valence-corrected chi connectivity index (χ3v) is 5.44. The summed E-state index contributed by atoms with van der Waals surface area (Å²) < 4.78 is 11.6. The van der Waals surface area contributed by atoms with Crippen LogP contribution in [0.25, 0.3) is 0 Å². The highest BCUT2D eigenvalue weighted by molar-refractivity contribution is 6.02. The molecule has 0 saturated carbocycles. The van der Waals surface area contributed by atoms with Crippen LogP contribution in [0.1, 0.15) is 44.1 Å². The number of furan rings is 1. The summed E-state index contributed by atoms with van der Waals surface area (Å²) in [5.74, 6) is 1.55. The van der Waals surface area contributed by atoms with Crippen LogP contribution in [0.3, 0.4) is 0 Å². The molecule has 1 amide bonds. The maximum absolute atomic E-state index is 12.6. The fraction of sp³-hybridized carbons (Fsp3) is 0.179. The molecule has 32 heavy (non-hydrogen) atoms. The van der Waals surface area contributed by atoms with E-state index in [2.05, 4.69) is 38.2 Å². The van der Waals surface area contributed by atoms with Gasteiger partial charge in [0.1, 0.15) is 18.1 Å². The number of hydrogen-bond donors (Lipinski definition) is 1. The van der Waals surface area contributed by atoms with E-state index in [-0.39, 0.29) is 5.91 Å². The molecule has 3 aromatic carbocycles. The highest BCUT2D eigenvalue weighted by atomic mass is 16.5. The topological polar surface area (TPSA) is 51.5 Å². The molecule has 4 nitrogen and oxygen atoms in total. The van der Waals surface area contributed by atoms with E-state index in [0.717, 1.165) is 17.1 Å². The minimum absolute atomic E-state index is 0.272. The number of benzene rings is 3. The molecule has 0 saturated heterocycles. The summed E-state index contributed by atoms with van der Waals surface area (Å²) in [6.45, 7) is 6.82. The van der Waals surface area contributed by atoms with Gasteiger partial charge in [-0.1, -0.05) is 48.0 Å². The van der Waals surface area contributed by atoms with Crippen molar-refractivity contribution in [3.63, 3.8) is 0 Å². The van der Waals surface area contributed by atoms with Crippen molar-refractivity contribution >= 4 is 11.6 Å². The second-order valence-electron chi connectivity index (χ2n) is 8.07. The Hall–Kier alpha value is -3.79. The molecule has 0 spiro atoms. The Morgan fingerprint density at radius 3 is 2.25 bits per heavy atom. The molecule has 1 aromatic heterocycles. The number of carbonyl (C=O) groups is 1. The summed E-state index contributed by atoms with van der Waals surface area (Å²) in [5, 5.41) is 2.88. The van der Waals surface area contributed by atoms with Crippen LogP contribution >= 0.6 is 0 Å². The number of anilines is 1. The predicted molar refractivity (Wildman–Crippen MR) is 127 cm³/mol. The largest absolute Gasteiger partial charge is 0.489 e. The smallest absolute Gasteiger partial charge is 0.291 e. The number of ether oxygens (including phenoxy) is 1. The van der Waals surface area contributed by atoms with Gasteiger partial charge in [0.15, 0.2) is 5.76 Å². The van der Waals surface area contributed by atoms with Crippen LogP contribution in [0.2, 0.25) is 0 Å². The van der Waals surface area contributed by atoms with Crippen molar-refractivity contribution in [3.8, 4) is 5.75 Å². The zero-order valence-electron chi connectivity index (χ0n) is 18.6. The van der Waals surface area contributed by atoms with Gasteiger partial charge in [-0.05, 0) is 79.4 Å². The Bertz CT molecular complexity index is 1180. The molecule has 0 atom stereocenters.